The summed E-state index contributed by atoms with van der Waals surface area (Å²) in [5, 5.41) is 15.3. The molecule has 6 nitrogen and oxygen atoms in total. The lowest BCUT2D eigenvalue weighted by Crippen LogP contribution is -2.14. The number of aryl methyl sites for hydroxylation is 1. The average Bonchev–Trinajstić information content (AvgIpc) is 2.74. The smallest absolute Gasteiger partial charge is 0.293 e. The monoisotopic (exact) mass is 417 g/mol. The van der Waals surface area contributed by atoms with E-state index in [-0.39, 0.29) is 11.4 Å². The number of benzene rings is 3. The highest BCUT2D eigenvalue weighted by molar-refractivity contribution is 6.30. The van der Waals surface area contributed by atoms with Crippen molar-refractivity contribution >= 4 is 39.8 Å². The van der Waals surface area contributed by atoms with Crippen molar-refractivity contribution in [3.63, 3.8) is 0 Å². The molecule has 0 aliphatic heterocycles. The summed E-state index contributed by atoms with van der Waals surface area (Å²) in [4.78, 5) is 28.7. The molecule has 0 saturated carbocycles. The van der Waals surface area contributed by atoms with Gasteiger partial charge in [-0.05, 0) is 42.8 Å². The Labute approximate surface area is 177 Å². The first-order valence-corrected chi connectivity index (χ1v) is 9.52. The number of anilines is 1. The number of nitrogens with one attached hydrogen (secondary N) is 1. The molecule has 0 radical (unpaired) electrons. The van der Waals surface area contributed by atoms with E-state index < -0.39 is 10.8 Å². The van der Waals surface area contributed by atoms with Gasteiger partial charge >= 0.3 is 0 Å². The molecule has 1 amide bonds. The van der Waals surface area contributed by atoms with E-state index in [2.05, 4.69) is 10.3 Å². The lowest BCUT2D eigenvalue weighted by Gasteiger charge is -2.11. The highest BCUT2D eigenvalue weighted by atomic mass is 35.5. The second-order valence-electron chi connectivity index (χ2n) is 6.81. The fourth-order valence-electron chi connectivity index (χ4n) is 3.22. The minimum absolute atomic E-state index is 0.143. The Bertz CT molecular complexity index is 1290. The summed E-state index contributed by atoms with van der Waals surface area (Å²) in [6.07, 6.45) is 0. The molecule has 30 heavy (non-hydrogen) atoms. The van der Waals surface area contributed by atoms with Gasteiger partial charge in [0.2, 0.25) is 0 Å². The van der Waals surface area contributed by atoms with Crippen LogP contribution in [0.2, 0.25) is 5.02 Å². The van der Waals surface area contributed by atoms with Crippen molar-refractivity contribution in [2.24, 2.45) is 0 Å². The van der Waals surface area contributed by atoms with E-state index in [0.717, 1.165) is 11.1 Å². The summed E-state index contributed by atoms with van der Waals surface area (Å²) in [5.74, 6) is -0.448. The summed E-state index contributed by atoms with van der Waals surface area (Å²) in [6.45, 7) is 1.76. The van der Waals surface area contributed by atoms with Gasteiger partial charge < -0.3 is 5.32 Å². The number of aromatic nitrogens is 1. The first-order valence-electron chi connectivity index (χ1n) is 9.14. The number of nitro groups is 1. The predicted molar refractivity (Wildman–Crippen MR) is 118 cm³/mol. The summed E-state index contributed by atoms with van der Waals surface area (Å²) in [5.41, 5.74) is 3.16. The Morgan fingerprint density at radius 3 is 2.50 bits per heavy atom. The number of fused-ring (bicyclic) bond motifs is 1. The molecule has 0 bridgehead atoms. The van der Waals surface area contributed by atoms with E-state index in [1.54, 1.807) is 37.3 Å². The third kappa shape index (κ3) is 3.86. The van der Waals surface area contributed by atoms with Crippen LogP contribution in [0.5, 0.6) is 0 Å². The normalized spacial score (nSPS) is 10.7. The third-order valence-electron chi connectivity index (χ3n) is 4.70. The number of rotatable bonds is 4. The standard InChI is InChI=1S/C23H16ClN3O3/c1-14-6-11-20(22(12-14)27(29)30)26-23(28)18-13-21(15-7-9-16(24)10-8-15)25-19-5-3-2-4-17(18)19/h2-13H,1H3,(H,26,28). The van der Waals surface area contributed by atoms with E-state index in [9.17, 15) is 14.9 Å². The van der Waals surface area contributed by atoms with Crippen molar-refractivity contribution < 1.29 is 9.72 Å². The SMILES string of the molecule is Cc1ccc(NC(=O)c2cc(-c3ccc(Cl)cc3)nc3ccccc23)c([N+](=O)[O-])c1. The van der Waals surface area contributed by atoms with Crippen LogP contribution in [0.4, 0.5) is 11.4 Å². The molecule has 0 fully saturated rings. The molecule has 0 aliphatic carbocycles. The second-order valence-corrected chi connectivity index (χ2v) is 7.25. The number of nitrogens with zero attached hydrogens (tertiary/aromatic N) is 2. The van der Waals surface area contributed by atoms with Crippen LogP contribution >= 0.6 is 11.6 Å². The molecule has 7 heteroatoms. The quantitative estimate of drug-likeness (QED) is 0.324. The number of hydrogen-bond acceptors (Lipinski definition) is 4. The van der Waals surface area contributed by atoms with Crippen LogP contribution in [0.25, 0.3) is 22.2 Å². The minimum Gasteiger partial charge on any atom is -0.316 e. The van der Waals surface area contributed by atoms with E-state index in [1.807, 2.05) is 30.3 Å². The van der Waals surface area contributed by atoms with E-state index in [1.165, 1.54) is 12.1 Å². The number of nitro benzene ring substituents is 1. The van der Waals surface area contributed by atoms with Crippen molar-refractivity contribution in [2.45, 2.75) is 6.92 Å². The second kappa shape index (κ2) is 7.93. The molecule has 4 aromatic rings. The lowest BCUT2D eigenvalue weighted by molar-refractivity contribution is -0.384. The molecule has 3 aromatic carbocycles. The predicted octanol–water partition coefficient (Wildman–Crippen LogP) is 6.02. The van der Waals surface area contributed by atoms with Crippen LogP contribution in [0.1, 0.15) is 15.9 Å². The van der Waals surface area contributed by atoms with E-state index in [4.69, 9.17) is 11.6 Å². The van der Waals surface area contributed by atoms with Crippen LogP contribution in [0.15, 0.2) is 72.8 Å². The number of carbonyl (C=O) groups excluding carboxylic acids is 1. The Kier molecular flexibility index (Phi) is 5.16. The zero-order chi connectivity index (χ0) is 21.3. The number of amides is 1. The summed E-state index contributed by atoms with van der Waals surface area (Å²) < 4.78 is 0. The maximum Gasteiger partial charge on any atom is 0.293 e. The van der Waals surface area contributed by atoms with Gasteiger partial charge in [-0.2, -0.15) is 0 Å². The minimum atomic E-state index is -0.508. The van der Waals surface area contributed by atoms with Gasteiger partial charge in [-0.15, -0.1) is 0 Å². The fourth-order valence-corrected chi connectivity index (χ4v) is 3.35. The van der Waals surface area contributed by atoms with Gasteiger partial charge in [0.05, 0.1) is 21.7 Å². The molecule has 0 atom stereocenters. The summed E-state index contributed by atoms with van der Waals surface area (Å²) in [6, 6.07) is 20.8. The molecule has 1 aromatic heterocycles. The Morgan fingerprint density at radius 1 is 1.03 bits per heavy atom. The average molecular weight is 418 g/mol. The van der Waals surface area contributed by atoms with Gasteiger partial charge in [-0.1, -0.05) is 48.0 Å². The van der Waals surface area contributed by atoms with Crippen LogP contribution in [-0.4, -0.2) is 15.8 Å². The maximum atomic E-state index is 13.1. The van der Waals surface area contributed by atoms with Gasteiger partial charge in [0.15, 0.2) is 0 Å². The highest BCUT2D eigenvalue weighted by Gasteiger charge is 2.19. The third-order valence-corrected chi connectivity index (χ3v) is 4.95. The Morgan fingerprint density at radius 2 is 1.77 bits per heavy atom. The van der Waals surface area contributed by atoms with Crippen LogP contribution < -0.4 is 5.32 Å². The summed E-state index contributed by atoms with van der Waals surface area (Å²) >= 11 is 5.98. The zero-order valence-corrected chi connectivity index (χ0v) is 16.7. The number of para-hydroxylation sites is 1. The molecule has 4 rings (SSSR count). The van der Waals surface area contributed by atoms with Gasteiger partial charge in [0.1, 0.15) is 5.69 Å². The zero-order valence-electron chi connectivity index (χ0n) is 15.9. The molecule has 148 valence electrons. The topological polar surface area (TPSA) is 85.1 Å². The summed E-state index contributed by atoms with van der Waals surface area (Å²) in [7, 11) is 0. The molecule has 0 aliphatic rings. The molecule has 1 heterocycles. The largest absolute Gasteiger partial charge is 0.316 e. The molecule has 0 saturated heterocycles. The number of pyridine rings is 1. The molecular formula is C23H16ClN3O3. The van der Waals surface area contributed by atoms with Crippen LogP contribution in [-0.2, 0) is 0 Å². The van der Waals surface area contributed by atoms with Gasteiger partial charge in [-0.25, -0.2) is 4.98 Å². The first kappa shape index (κ1) is 19.5. The molecular weight excluding hydrogens is 402 g/mol. The lowest BCUT2D eigenvalue weighted by atomic mass is 10.0. The number of carbonyl (C=O) groups is 1. The highest BCUT2D eigenvalue weighted by Crippen LogP contribution is 2.29. The molecule has 1 N–H and O–H groups in total. The number of hydrogen-bond donors (Lipinski definition) is 1. The molecule has 0 unspecified atom stereocenters. The fraction of sp³-hybridized carbons (Fsp3) is 0.0435. The first-order chi connectivity index (χ1) is 14.4. The van der Waals surface area contributed by atoms with Crippen molar-refractivity contribution in [1.29, 1.82) is 0 Å². The van der Waals surface area contributed by atoms with Gasteiger partial charge in [0, 0.05) is 22.0 Å². The van der Waals surface area contributed by atoms with Crippen molar-refractivity contribution in [3.05, 3.63) is 99.1 Å². The molecule has 0 spiro atoms. The van der Waals surface area contributed by atoms with Gasteiger partial charge in [-0.3, -0.25) is 14.9 Å². The van der Waals surface area contributed by atoms with E-state index in [0.29, 0.717) is 27.2 Å². The van der Waals surface area contributed by atoms with Crippen molar-refractivity contribution in [1.82, 2.24) is 4.98 Å². The van der Waals surface area contributed by atoms with Gasteiger partial charge in [0.25, 0.3) is 11.6 Å². The van der Waals surface area contributed by atoms with Crippen molar-refractivity contribution in [2.75, 3.05) is 5.32 Å². The Balaban J connectivity index is 1.81. The Hall–Kier alpha value is -3.77. The van der Waals surface area contributed by atoms with Crippen molar-refractivity contribution in [3.8, 4) is 11.3 Å². The van der Waals surface area contributed by atoms with Crippen LogP contribution in [0.3, 0.4) is 0 Å². The maximum absolute atomic E-state index is 13.1. The van der Waals surface area contributed by atoms with Crippen LogP contribution in [0, 0.1) is 17.0 Å². The van der Waals surface area contributed by atoms with E-state index >= 15 is 0 Å². The number of halogens is 1.